The molecule has 0 aliphatic carbocycles. The summed E-state index contributed by atoms with van der Waals surface area (Å²) in [5, 5.41) is 4.79. The number of imidazole rings is 1. The van der Waals surface area contributed by atoms with Gasteiger partial charge in [-0.3, -0.25) is 9.72 Å². The van der Waals surface area contributed by atoms with Crippen LogP contribution >= 0.6 is 0 Å². The van der Waals surface area contributed by atoms with E-state index in [0.717, 1.165) is 13.1 Å². The van der Waals surface area contributed by atoms with Gasteiger partial charge in [0.05, 0.1) is 23.7 Å². The monoisotopic (exact) mass is 468 g/mol. The Balaban J connectivity index is 1.81. The largest absolute Gasteiger partial charge is 0.447 e. The topological polar surface area (TPSA) is 101 Å². The summed E-state index contributed by atoms with van der Waals surface area (Å²) in [7, 11) is 0.990. The van der Waals surface area contributed by atoms with Gasteiger partial charge in [0.25, 0.3) is 0 Å². The van der Waals surface area contributed by atoms with Crippen molar-refractivity contribution in [1.82, 2.24) is 19.3 Å². The zero-order valence-electron chi connectivity index (χ0n) is 17.8. The minimum absolute atomic E-state index is 0.00880. The molecular formula is C20H20F4N6O3. The van der Waals surface area contributed by atoms with E-state index in [4.69, 9.17) is 4.74 Å². The van der Waals surface area contributed by atoms with E-state index >= 15 is 0 Å². The number of amides is 3. The number of rotatable bonds is 5. The SMILES string of the molecule is CC(C)OC(=O)Nc1cnc2nc(-c3cc(NC(=O)N(C)CC(F)(F)F)ccc3F)cn2c1. The predicted molar refractivity (Wildman–Crippen MR) is 111 cm³/mol. The van der Waals surface area contributed by atoms with E-state index < -0.39 is 30.7 Å². The molecule has 0 bridgehead atoms. The smallest absolute Gasteiger partial charge is 0.411 e. The number of benzene rings is 1. The quantitative estimate of drug-likeness (QED) is 0.537. The molecule has 2 aromatic heterocycles. The molecule has 3 aromatic rings. The number of nitrogens with zero attached hydrogens (tertiary/aromatic N) is 4. The molecule has 2 N–H and O–H groups in total. The average molecular weight is 468 g/mol. The molecule has 3 amide bonds. The Morgan fingerprint density at radius 3 is 2.58 bits per heavy atom. The molecular weight excluding hydrogens is 448 g/mol. The normalized spacial score (nSPS) is 11.5. The predicted octanol–water partition coefficient (Wildman–Crippen LogP) is 4.52. The van der Waals surface area contributed by atoms with Crippen LogP contribution in [0.25, 0.3) is 17.0 Å². The molecule has 0 unspecified atom stereocenters. The van der Waals surface area contributed by atoms with Gasteiger partial charge < -0.3 is 15.0 Å². The molecule has 2 heterocycles. The number of fused-ring (bicyclic) bond motifs is 1. The molecule has 0 spiro atoms. The molecule has 0 radical (unpaired) electrons. The lowest BCUT2D eigenvalue weighted by molar-refractivity contribution is -0.137. The number of anilines is 2. The van der Waals surface area contributed by atoms with Crippen LogP contribution in [0, 0.1) is 5.82 Å². The molecule has 0 saturated heterocycles. The van der Waals surface area contributed by atoms with Crippen molar-refractivity contribution in [2.24, 2.45) is 0 Å². The highest BCUT2D eigenvalue weighted by atomic mass is 19.4. The first-order chi connectivity index (χ1) is 15.4. The third-order valence-corrected chi connectivity index (χ3v) is 4.16. The van der Waals surface area contributed by atoms with E-state index in [1.807, 2.05) is 0 Å². The number of carbonyl (C=O) groups excluding carboxylic acids is 2. The second kappa shape index (κ2) is 9.30. The maximum atomic E-state index is 14.5. The van der Waals surface area contributed by atoms with Crippen LogP contribution in [0.2, 0.25) is 0 Å². The van der Waals surface area contributed by atoms with Gasteiger partial charge in [-0.1, -0.05) is 0 Å². The summed E-state index contributed by atoms with van der Waals surface area (Å²) in [6, 6.07) is 2.51. The van der Waals surface area contributed by atoms with Crippen molar-refractivity contribution in [1.29, 1.82) is 0 Å². The molecule has 33 heavy (non-hydrogen) atoms. The van der Waals surface area contributed by atoms with Crippen LogP contribution in [0.4, 0.5) is 38.5 Å². The molecule has 0 aliphatic heterocycles. The number of aromatic nitrogens is 3. The number of hydrogen-bond acceptors (Lipinski definition) is 5. The lowest BCUT2D eigenvalue weighted by Gasteiger charge is -2.19. The van der Waals surface area contributed by atoms with Crippen molar-refractivity contribution in [3.63, 3.8) is 0 Å². The van der Waals surface area contributed by atoms with E-state index in [0.29, 0.717) is 10.6 Å². The van der Waals surface area contributed by atoms with Gasteiger partial charge in [0.1, 0.15) is 12.4 Å². The minimum atomic E-state index is -4.55. The van der Waals surface area contributed by atoms with Crippen LogP contribution in [-0.2, 0) is 4.74 Å². The molecule has 0 saturated carbocycles. The van der Waals surface area contributed by atoms with Crippen LogP contribution in [0.3, 0.4) is 0 Å². The lowest BCUT2D eigenvalue weighted by Crippen LogP contribution is -2.38. The van der Waals surface area contributed by atoms with Crippen LogP contribution in [-0.4, -0.2) is 57.3 Å². The summed E-state index contributed by atoms with van der Waals surface area (Å²) in [4.78, 5) is 32.5. The number of alkyl halides is 3. The van der Waals surface area contributed by atoms with Gasteiger partial charge in [-0.2, -0.15) is 13.2 Å². The maximum absolute atomic E-state index is 14.5. The fourth-order valence-corrected chi connectivity index (χ4v) is 2.80. The molecule has 0 aliphatic rings. The van der Waals surface area contributed by atoms with Crippen LogP contribution in [0.5, 0.6) is 0 Å². The molecule has 1 aromatic carbocycles. The zero-order chi connectivity index (χ0) is 24.3. The van der Waals surface area contributed by atoms with E-state index in [2.05, 4.69) is 20.6 Å². The minimum Gasteiger partial charge on any atom is -0.447 e. The summed E-state index contributed by atoms with van der Waals surface area (Å²) < 4.78 is 58.3. The van der Waals surface area contributed by atoms with Gasteiger partial charge in [0.2, 0.25) is 5.78 Å². The Morgan fingerprint density at radius 1 is 1.18 bits per heavy atom. The van der Waals surface area contributed by atoms with E-state index in [9.17, 15) is 27.2 Å². The lowest BCUT2D eigenvalue weighted by atomic mass is 10.1. The second-order valence-corrected chi connectivity index (χ2v) is 7.35. The first-order valence-electron chi connectivity index (χ1n) is 9.62. The van der Waals surface area contributed by atoms with Crippen molar-refractivity contribution in [2.45, 2.75) is 26.1 Å². The van der Waals surface area contributed by atoms with Crippen molar-refractivity contribution in [3.8, 4) is 11.3 Å². The van der Waals surface area contributed by atoms with Crippen LogP contribution < -0.4 is 10.6 Å². The van der Waals surface area contributed by atoms with Crippen molar-refractivity contribution in [2.75, 3.05) is 24.2 Å². The van der Waals surface area contributed by atoms with Gasteiger partial charge in [-0.15, -0.1) is 0 Å². The highest BCUT2D eigenvalue weighted by molar-refractivity contribution is 5.90. The Hall–Kier alpha value is -3.90. The Labute approximate surface area is 185 Å². The Bertz CT molecular complexity index is 1180. The zero-order valence-corrected chi connectivity index (χ0v) is 17.8. The van der Waals surface area contributed by atoms with Gasteiger partial charge >= 0.3 is 18.3 Å². The van der Waals surface area contributed by atoms with Gasteiger partial charge in [-0.25, -0.2) is 23.9 Å². The molecule has 0 fully saturated rings. The first kappa shape index (κ1) is 23.8. The number of halogens is 4. The van der Waals surface area contributed by atoms with E-state index in [-0.39, 0.29) is 28.8 Å². The molecule has 176 valence electrons. The second-order valence-electron chi connectivity index (χ2n) is 7.35. The van der Waals surface area contributed by atoms with Crippen molar-refractivity contribution in [3.05, 3.63) is 42.6 Å². The molecule has 13 heteroatoms. The van der Waals surface area contributed by atoms with E-state index in [1.165, 1.54) is 35.1 Å². The number of carbonyl (C=O) groups is 2. The summed E-state index contributed by atoms with van der Waals surface area (Å²) >= 11 is 0. The number of urea groups is 1. The summed E-state index contributed by atoms with van der Waals surface area (Å²) in [6.07, 6.45) is -1.25. The van der Waals surface area contributed by atoms with Crippen LogP contribution in [0.15, 0.2) is 36.8 Å². The fourth-order valence-electron chi connectivity index (χ4n) is 2.80. The highest BCUT2D eigenvalue weighted by Crippen LogP contribution is 2.26. The summed E-state index contributed by atoms with van der Waals surface area (Å²) in [5.41, 5.74) is 0.535. The third kappa shape index (κ3) is 6.30. The Kier molecular flexibility index (Phi) is 6.70. The van der Waals surface area contributed by atoms with E-state index in [1.54, 1.807) is 13.8 Å². The number of ether oxygens (including phenoxy) is 1. The highest BCUT2D eigenvalue weighted by Gasteiger charge is 2.31. The maximum Gasteiger partial charge on any atom is 0.411 e. The summed E-state index contributed by atoms with van der Waals surface area (Å²) in [6.45, 7) is 1.96. The molecule has 0 atom stereocenters. The van der Waals surface area contributed by atoms with Gasteiger partial charge in [-0.05, 0) is 32.0 Å². The van der Waals surface area contributed by atoms with Gasteiger partial charge in [0.15, 0.2) is 0 Å². The Morgan fingerprint density at radius 2 is 1.91 bits per heavy atom. The summed E-state index contributed by atoms with van der Waals surface area (Å²) in [5.74, 6) is -0.467. The van der Waals surface area contributed by atoms with Crippen molar-refractivity contribution < 1.29 is 31.9 Å². The van der Waals surface area contributed by atoms with Crippen molar-refractivity contribution >= 4 is 29.3 Å². The molecule has 9 nitrogen and oxygen atoms in total. The average Bonchev–Trinajstić information content (AvgIpc) is 3.10. The number of hydrogen-bond donors (Lipinski definition) is 2. The third-order valence-electron chi connectivity index (χ3n) is 4.16. The van der Waals surface area contributed by atoms with Gasteiger partial charge in [0, 0.05) is 30.7 Å². The standard InChI is InChI=1S/C20H20F4N6O3/c1-11(2)33-19(32)27-13-7-25-17-28-16(9-30(17)8-13)14-6-12(4-5-15(14)21)26-18(31)29(3)10-20(22,23)24/h4-9,11H,10H2,1-3H3,(H,26,31)(H,27,32). The number of nitrogens with one attached hydrogen (secondary N) is 2. The fraction of sp³-hybridized carbons (Fsp3) is 0.300. The molecule has 3 rings (SSSR count). The van der Waals surface area contributed by atoms with Crippen LogP contribution in [0.1, 0.15) is 13.8 Å². The first-order valence-corrected chi connectivity index (χ1v) is 9.62.